The van der Waals surface area contributed by atoms with E-state index in [4.69, 9.17) is 14.7 Å². The van der Waals surface area contributed by atoms with Gasteiger partial charge in [-0.2, -0.15) is 0 Å². The van der Waals surface area contributed by atoms with Crippen molar-refractivity contribution in [1.82, 2.24) is 0 Å². The lowest BCUT2D eigenvalue weighted by Gasteiger charge is -2.08. The van der Waals surface area contributed by atoms with Gasteiger partial charge in [-0.1, -0.05) is 0 Å². The molecule has 0 aromatic heterocycles. The second-order valence-electron chi connectivity index (χ2n) is 1.52. The Labute approximate surface area is 65.2 Å². The summed E-state index contributed by atoms with van der Waals surface area (Å²) in [5, 5.41) is 11.0. The molecule has 0 aliphatic heterocycles. The average Bonchev–Trinajstić information content (AvgIpc) is 1.86. The SMILES string of the molecule is CCO/C(=N/O)OC(C)S. The van der Waals surface area contributed by atoms with Crippen LogP contribution in [-0.4, -0.2) is 23.3 Å². The molecule has 0 fully saturated rings. The summed E-state index contributed by atoms with van der Waals surface area (Å²) < 4.78 is 9.51. The third-order valence-electron chi connectivity index (χ3n) is 0.621. The van der Waals surface area contributed by atoms with E-state index >= 15 is 0 Å². The number of nitrogens with zero attached hydrogens (tertiary/aromatic N) is 1. The highest BCUT2D eigenvalue weighted by Crippen LogP contribution is 1.97. The molecule has 10 heavy (non-hydrogen) atoms. The molecule has 0 aromatic rings. The molecule has 0 heterocycles. The van der Waals surface area contributed by atoms with Crippen LogP contribution in [0, 0.1) is 0 Å². The molecule has 0 bridgehead atoms. The topological polar surface area (TPSA) is 51.0 Å². The number of hydrogen-bond acceptors (Lipinski definition) is 5. The summed E-state index contributed by atoms with van der Waals surface area (Å²) in [6.45, 7) is 3.85. The van der Waals surface area contributed by atoms with Crippen LogP contribution < -0.4 is 0 Å². The van der Waals surface area contributed by atoms with E-state index < -0.39 is 0 Å². The first kappa shape index (κ1) is 9.42. The van der Waals surface area contributed by atoms with Crippen molar-refractivity contribution in [1.29, 1.82) is 0 Å². The van der Waals surface area contributed by atoms with Gasteiger partial charge in [-0.15, -0.1) is 12.6 Å². The lowest BCUT2D eigenvalue weighted by molar-refractivity contribution is 0.141. The van der Waals surface area contributed by atoms with Crippen LogP contribution in [0.2, 0.25) is 0 Å². The monoisotopic (exact) mass is 165 g/mol. The zero-order valence-electron chi connectivity index (χ0n) is 5.94. The molecular weight excluding hydrogens is 154 g/mol. The molecule has 0 rings (SSSR count). The predicted octanol–water partition coefficient (Wildman–Crippen LogP) is 1.06. The van der Waals surface area contributed by atoms with Gasteiger partial charge >= 0.3 is 6.08 Å². The fraction of sp³-hybridized carbons (Fsp3) is 0.800. The molecule has 1 N–H and O–H groups in total. The van der Waals surface area contributed by atoms with E-state index in [1.807, 2.05) is 0 Å². The summed E-state index contributed by atoms with van der Waals surface area (Å²) in [6.07, 6.45) is -0.148. The molecule has 1 atom stereocenters. The van der Waals surface area contributed by atoms with Gasteiger partial charge in [0.05, 0.1) is 6.61 Å². The number of hydrogen-bond donors (Lipinski definition) is 2. The van der Waals surface area contributed by atoms with Crippen molar-refractivity contribution in [2.45, 2.75) is 19.3 Å². The fourth-order valence-electron chi connectivity index (χ4n) is 0.356. The number of thiol groups is 1. The highest BCUT2D eigenvalue weighted by molar-refractivity contribution is 7.80. The predicted molar refractivity (Wildman–Crippen MR) is 40.4 cm³/mol. The Morgan fingerprint density at radius 1 is 1.80 bits per heavy atom. The third kappa shape index (κ3) is 4.31. The molecule has 0 aromatic carbocycles. The smallest absolute Gasteiger partial charge is 0.423 e. The number of ether oxygens (including phenoxy) is 2. The van der Waals surface area contributed by atoms with E-state index in [1.54, 1.807) is 13.8 Å². The fourth-order valence-corrected chi connectivity index (χ4v) is 0.446. The van der Waals surface area contributed by atoms with E-state index in [0.717, 1.165) is 0 Å². The number of rotatable bonds is 2. The molecule has 0 radical (unpaired) electrons. The van der Waals surface area contributed by atoms with Crippen LogP contribution in [0.4, 0.5) is 0 Å². The molecule has 60 valence electrons. The van der Waals surface area contributed by atoms with Crippen LogP contribution in [0.5, 0.6) is 0 Å². The Morgan fingerprint density at radius 3 is 2.70 bits per heavy atom. The van der Waals surface area contributed by atoms with Crippen molar-refractivity contribution in [2.24, 2.45) is 5.16 Å². The molecule has 0 saturated heterocycles. The van der Waals surface area contributed by atoms with Crippen LogP contribution in [0.1, 0.15) is 13.8 Å². The zero-order chi connectivity index (χ0) is 7.98. The standard InChI is InChI=1S/C5H11NO3S/c1-3-8-5(6-7)9-4(2)10/h4,7,10H,3H2,1-2H3/b6-5-. The van der Waals surface area contributed by atoms with Crippen molar-refractivity contribution in [3.8, 4) is 0 Å². The molecule has 0 aliphatic carbocycles. The quantitative estimate of drug-likeness (QED) is 0.161. The molecule has 1 unspecified atom stereocenters. The highest BCUT2D eigenvalue weighted by atomic mass is 32.1. The normalized spacial score (nSPS) is 14.5. The first-order chi connectivity index (χ1) is 4.70. The minimum atomic E-state index is -0.336. The summed E-state index contributed by atoms with van der Waals surface area (Å²) in [7, 11) is 0. The van der Waals surface area contributed by atoms with Gasteiger partial charge in [0.2, 0.25) is 0 Å². The maximum Gasteiger partial charge on any atom is 0.423 e. The van der Waals surface area contributed by atoms with E-state index in [9.17, 15) is 0 Å². The van der Waals surface area contributed by atoms with Gasteiger partial charge in [0.25, 0.3) is 0 Å². The summed E-state index contributed by atoms with van der Waals surface area (Å²) in [4.78, 5) is 0. The molecule has 4 nitrogen and oxygen atoms in total. The van der Waals surface area contributed by atoms with Crippen molar-refractivity contribution < 1.29 is 14.7 Å². The van der Waals surface area contributed by atoms with E-state index in [2.05, 4.69) is 17.8 Å². The second kappa shape index (κ2) is 5.22. The summed E-state index contributed by atoms with van der Waals surface area (Å²) in [6, 6.07) is 0. The molecule has 5 heteroatoms. The lowest BCUT2D eigenvalue weighted by atomic mass is 10.8. The molecule has 0 spiro atoms. The van der Waals surface area contributed by atoms with Gasteiger partial charge in [0.1, 0.15) is 5.44 Å². The van der Waals surface area contributed by atoms with Crippen molar-refractivity contribution >= 4 is 18.7 Å². The van der Waals surface area contributed by atoms with Crippen molar-refractivity contribution in [2.75, 3.05) is 6.61 Å². The minimum absolute atomic E-state index is 0.148. The van der Waals surface area contributed by atoms with E-state index in [0.29, 0.717) is 6.61 Å². The van der Waals surface area contributed by atoms with Gasteiger partial charge in [-0.05, 0) is 19.0 Å². The van der Waals surface area contributed by atoms with Crippen LogP contribution in [-0.2, 0) is 9.47 Å². The molecule has 0 amide bonds. The van der Waals surface area contributed by atoms with Gasteiger partial charge < -0.3 is 14.7 Å². The summed E-state index contributed by atoms with van der Waals surface area (Å²) >= 11 is 3.89. The summed E-state index contributed by atoms with van der Waals surface area (Å²) in [5.74, 6) is 0. The first-order valence-electron chi connectivity index (χ1n) is 2.90. The van der Waals surface area contributed by atoms with Gasteiger partial charge in [-0.25, -0.2) is 0 Å². The minimum Gasteiger partial charge on any atom is -0.449 e. The maximum absolute atomic E-state index is 8.21. The Bertz CT molecular complexity index is 115. The van der Waals surface area contributed by atoms with Crippen LogP contribution in [0.15, 0.2) is 5.16 Å². The van der Waals surface area contributed by atoms with Gasteiger partial charge in [-0.3, -0.25) is 0 Å². The molecule has 0 saturated carbocycles. The van der Waals surface area contributed by atoms with Gasteiger partial charge in [0.15, 0.2) is 0 Å². The molecular formula is C5H11NO3S. The van der Waals surface area contributed by atoms with E-state index in [1.165, 1.54) is 0 Å². The highest BCUT2D eigenvalue weighted by Gasteiger charge is 2.03. The summed E-state index contributed by atoms with van der Waals surface area (Å²) in [5.41, 5.74) is -0.336. The number of oxime groups is 1. The second-order valence-corrected chi connectivity index (χ2v) is 2.24. The molecule has 0 aliphatic rings. The van der Waals surface area contributed by atoms with Crippen LogP contribution >= 0.6 is 12.6 Å². The Kier molecular flexibility index (Phi) is 4.92. The van der Waals surface area contributed by atoms with Crippen LogP contribution in [0.25, 0.3) is 0 Å². The maximum atomic E-state index is 8.21. The van der Waals surface area contributed by atoms with Crippen molar-refractivity contribution in [3.05, 3.63) is 0 Å². The third-order valence-corrected chi connectivity index (χ3v) is 0.726. The first-order valence-corrected chi connectivity index (χ1v) is 3.42. The Hall–Kier alpha value is -0.580. The Morgan fingerprint density at radius 2 is 2.40 bits per heavy atom. The van der Waals surface area contributed by atoms with E-state index in [-0.39, 0.29) is 11.5 Å². The lowest BCUT2D eigenvalue weighted by Crippen LogP contribution is -2.13. The van der Waals surface area contributed by atoms with Crippen LogP contribution in [0.3, 0.4) is 0 Å². The van der Waals surface area contributed by atoms with Gasteiger partial charge in [0, 0.05) is 0 Å². The largest absolute Gasteiger partial charge is 0.449 e. The van der Waals surface area contributed by atoms with Crippen molar-refractivity contribution in [3.63, 3.8) is 0 Å². The Balaban J connectivity index is 3.62. The zero-order valence-corrected chi connectivity index (χ0v) is 6.84. The average molecular weight is 165 g/mol.